The van der Waals surface area contributed by atoms with E-state index >= 15 is 0 Å². The van der Waals surface area contributed by atoms with Gasteiger partial charge in [0, 0.05) is 0 Å². The molecule has 5 atom stereocenters. The van der Waals surface area contributed by atoms with Crippen molar-refractivity contribution in [3.05, 3.63) is 0 Å². The third kappa shape index (κ3) is 2.76. The number of aliphatic hydroxyl groups excluding tert-OH is 3. The van der Waals surface area contributed by atoms with E-state index < -0.39 is 42.5 Å². The highest BCUT2D eigenvalue weighted by atomic mass is 16.5. The van der Waals surface area contributed by atoms with Crippen LogP contribution in [0.25, 0.3) is 0 Å². The van der Waals surface area contributed by atoms with Crippen molar-refractivity contribution in [2.45, 2.75) is 50.3 Å². The minimum absolute atomic E-state index is 0.199. The fraction of sp³-hybridized carbons (Fsp3) is 0.818. The number of urea groups is 1. The van der Waals surface area contributed by atoms with E-state index in [4.69, 9.17) is 4.74 Å². The predicted octanol–water partition coefficient (Wildman–Crippen LogP) is -2.35. The molecule has 9 nitrogen and oxygen atoms in total. The molecule has 2 saturated heterocycles. The molecule has 9 heteroatoms. The van der Waals surface area contributed by atoms with E-state index in [1.165, 1.54) is 5.01 Å². The highest BCUT2D eigenvalue weighted by molar-refractivity contribution is 5.98. The number of carbonyl (C=O) groups is 2. The fourth-order valence-corrected chi connectivity index (χ4v) is 2.36. The van der Waals surface area contributed by atoms with Gasteiger partial charge in [-0.05, 0) is 6.42 Å². The van der Waals surface area contributed by atoms with Crippen molar-refractivity contribution < 1.29 is 29.6 Å². The van der Waals surface area contributed by atoms with Crippen molar-refractivity contribution in [1.29, 1.82) is 0 Å². The molecule has 0 spiro atoms. The van der Waals surface area contributed by atoms with Gasteiger partial charge >= 0.3 is 6.03 Å². The number of amides is 3. The van der Waals surface area contributed by atoms with Crippen LogP contribution in [0.4, 0.5) is 4.79 Å². The second-order valence-corrected chi connectivity index (χ2v) is 4.91. The number of nitrogens with one attached hydrogen (secondary N) is 2. The van der Waals surface area contributed by atoms with Crippen LogP contribution >= 0.6 is 0 Å². The minimum atomic E-state index is -1.44. The summed E-state index contributed by atoms with van der Waals surface area (Å²) in [6, 6.07) is -1.43. The summed E-state index contributed by atoms with van der Waals surface area (Å²) in [5.41, 5.74) is 2.40. The van der Waals surface area contributed by atoms with Crippen LogP contribution in [0.1, 0.15) is 19.8 Å². The maximum absolute atomic E-state index is 11.8. The molecule has 2 fully saturated rings. The van der Waals surface area contributed by atoms with Crippen LogP contribution in [-0.2, 0) is 9.53 Å². The Bertz CT molecular complexity index is 392. The van der Waals surface area contributed by atoms with Crippen molar-refractivity contribution in [3.8, 4) is 0 Å². The van der Waals surface area contributed by atoms with E-state index in [2.05, 4.69) is 10.7 Å². The number of hydrogen-bond acceptors (Lipinski definition) is 7. The van der Waals surface area contributed by atoms with Gasteiger partial charge in [-0.25, -0.2) is 4.79 Å². The van der Waals surface area contributed by atoms with E-state index in [0.717, 1.165) is 0 Å². The topological polar surface area (TPSA) is 131 Å². The highest BCUT2D eigenvalue weighted by Crippen LogP contribution is 2.22. The normalized spacial score (nSPS) is 39.3. The lowest BCUT2D eigenvalue weighted by atomic mass is 10.0. The first-order valence-corrected chi connectivity index (χ1v) is 6.51. The average molecular weight is 289 g/mol. The van der Waals surface area contributed by atoms with Gasteiger partial charge in [-0.3, -0.25) is 15.5 Å². The summed E-state index contributed by atoms with van der Waals surface area (Å²) in [4.78, 5) is 23.2. The lowest BCUT2D eigenvalue weighted by Gasteiger charge is -2.45. The molecule has 114 valence electrons. The molecular formula is C11H19N3O6. The van der Waals surface area contributed by atoms with Gasteiger partial charge in [-0.1, -0.05) is 13.3 Å². The molecule has 20 heavy (non-hydrogen) atoms. The SMILES string of the molecule is CCC[C@H]1C(=O)NC(=O)NN1[C@@H]1OC[C@@H](O)[C@@H](O)[C@H]1O. The molecule has 0 aromatic heterocycles. The summed E-state index contributed by atoms with van der Waals surface area (Å²) in [5, 5.41) is 32.4. The quantitative estimate of drug-likeness (QED) is 0.393. The van der Waals surface area contributed by atoms with Crippen molar-refractivity contribution in [2.24, 2.45) is 0 Å². The number of ether oxygens (including phenoxy) is 1. The van der Waals surface area contributed by atoms with Gasteiger partial charge in [0.2, 0.25) is 5.91 Å². The van der Waals surface area contributed by atoms with Crippen LogP contribution in [0.3, 0.4) is 0 Å². The van der Waals surface area contributed by atoms with Gasteiger partial charge in [0.1, 0.15) is 24.4 Å². The monoisotopic (exact) mass is 289 g/mol. The van der Waals surface area contributed by atoms with Crippen LogP contribution < -0.4 is 10.7 Å². The maximum Gasteiger partial charge on any atom is 0.336 e. The third-order valence-electron chi connectivity index (χ3n) is 3.42. The molecule has 5 N–H and O–H groups in total. The van der Waals surface area contributed by atoms with E-state index in [1.54, 1.807) is 0 Å². The summed E-state index contributed by atoms with van der Waals surface area (Å²) in [6.45, 7) is 1.67. The Morgan fingerprint density at radius 1 is 1.30 bits per heavy atom. The van der Waals surface area contributed by atoms with Crippen molar-refractivity contribution in [3.63, 3.8) is 0 Å². The fourth-order valence-electron chi connectivity index (χ4n) is 2.36. The molecule has 0 aromatic rings. The Kier molecular flexibility index (Phi) is 4.55. The Morgan fingerprint density at radius 2 is 2.00 bits per heavy atom. The van der Waals surface area contributed by atoms with Crippen LogP contribution in [-0.4, -0.2) is 69.5 Å². The first-order valence-electron chi connectivity index (χ1n) is 6.51. The lowest BCUT2D eigenvalue weighted by Crippen LogP contribution is -2.71. The zero-order chi connectivity index (χ0) is 14.9. The minimum Gasteiger partial charge on any atom is -0.388 e. The Morgan fingerprint density at radius 3 is 2.65 bits per heavy atom. The maximum atomic E-state index is 11.8. The molecule has 0 bridgehead atoms. The summed E-state index contributed by atoms with van der Waals surface area (Å²) in [5.74, 6) is -0.494. The van der Waals surface area contributed by atoms with Gasteiger partial charge in [-0.15, -0.1) is 0 Å². The molecule has 0 aliphatic carbocycles. The van der Waals surface area contributed by atoms with Gasteiger partial charge in [0.05, 0.1) is 6.61 Å². The Hall–Kier alpha value is -1.26. The highest BCUT2D eigenvalue weighted by Gasteiger charge is 2.46. The van der Waals surface area contributed by atoms with Crippen LogP contribution in [0.5, 0.6) is 0 Å². The molecule has 2 aliphatic rings. The second kappa shape index (κ2) is 6.02. The first-order chi connectivity index (χ1) is 9.45. The van der Waals surface area contributed by atoms with E-state index in [9.17, 15) is 24.9 Å². The first kappa shape index (κ1) is 15.1. The molecule has 2 aliphatic heterocycles. The van der Waals surface area contributed by atoms with E-state index in [1.807, 2.05) is 6.92 Å². The largest absolute Gasteiger partial charge is 0.388 e. The molecular weight excluding hydrogens is 270 g/mol. The molecule has 2 heterocycles. The number of aliphatic hydroxyl groups is 3. The summed E-state index contributed by atoms with van der Waals surface area (Å²) in [6.07, 6.45) is -4.03. The van der Waals surface area contributed by atoms with Crippen molar-refractivity contribution in [2.75, 3.05) is 6.61 Å². The van der Waals surface area contributed by atoms with Gasteiger partial charge in [0.25, 0.3) is 0 Å². The lowest BCUT2D eigenvalue weighted by molar-refractivity contribution is -0.242. The number of carbonyl (C=O) groups excluding carboxylic acids is 2. The summed E-state index contributed by atoms with van der Waals surface area (Å²) in [7, 11) is 0. The van der Waals surface area contributed by atoms with Crippen molar-refractivity contribution in [1.82, 2.24) is 15.8 Å². The summed E-state index contributed by atoms with van der Waals surface area (Å²) >= 11 is 0. The van der Waals surface area contributed by atoms with Crippen LogP contribution in [0.2, 0.25) is 0 Å². The number of nitrogens with zero attached hydrogens (tertiary/aromatic N) is 1. The molecule has 3 amide bonds. The molecule has 2 rings (SSSR count). The number of rotatable bonds is 3. The second-order valence-electron chi connectivity index (χ2n) is 4.91. The number of imide groups is 1. The number of hydrogen-bond donors (Lipinski definition) is 5. The zero-order valence-electron chi connectivity index (χ0n) is 11.0. The average Bonchev–Trinajstić information content (AvgIpc) is 2.39. The Labute approximate surface area is 115 Å². The van der Waals surface area contributed by atoms with Crippen LogP contribution in [0, 0.1) is 0 Å². The smallest absolute Gasteiger partial charge is 0.336 e. The van der Waals surface area contributed by atoms with Gasteiger partial charge < -0.3 is 20.1 Å². The zero-order valence-corrected chi connectivity index (χ0v) is 11.0. The molecule has 0 saturated carbocycles. The third-order valence-corrected chi connectivity index (χ3v) is 3.42. The van der Waals surface area contributed by atoms with Crippen LogP contribution in [0.15, 0.2) is 0 Å². The molecule has 0 unspecified atom stereocenters. The van der Waals surface area contributed by atoms with Crippen molar-refractivity contribution >= 4 is 11.9 Å². The van der Waals surface area contributed by atoms with E-state index in [0.29, 0.717) is 12.8 Å². The molecule has 0 aromatic carbocycles. The molecule has 0 radical (unpaired) electrons. The van der Waals surface area contributed by atoms with Gasteiger partial charge in [-0.2, -0.15) is 5.01 Å². The van der Waals surface area contributed by atoms with E-state index in [-0.39, 0.29) is 6.61 Å². The van der Waals surface area contributed by atoms with Gasteiger partial charge in [0.15, 0.2) is 6.23 Å². The standard InChI is InChI=1S/C11H19N3O6/c1-2-3-5-9(18)12-11(19)13-14(5)10-8(17)7(16)6(15)4-20-10/h5-8,10,15-17H,2-4H2,1H3,(H2,12,13,18,19)/t5-,6+,7+,8+,10+/m0/s1. The summed E-state index contributed by atoms with van der Waals surface area (Å²) < 4.78 is 5.26. The number of hydrazine groups is 1. The predicted molar refractivity (Wildman–Crippen MR) is 65.0 cm³/mol. The Balaban J connectivity index is 2.18.